The highest BCUT2D eigenvalue weighted by Gasteiger charge is 2.15. The minimum atomic E-state index is -0.396. The summed E-state index contributed by atoms with van der Waals surface area (Å²) in [6, 6.07) is 62.8. The molecule has 0 radical (unpaired) electrons. The van der Waals surface area contributed by atoms with Gasteiger partial charge in [0.05, 0.1) is 4.92 Å². The molecule has 4 nitrogen and oxygen atoms in total. The van der Waals surface area contributed by atoms with E-state index in [1.54, 1.807) is 12.1 Å². The van der Waals surface area contributed by atoms with Crippen molar-refractivity contribution in [1.82, 2.24) is 0 Å². The van der Waals surface area contributed by atoms with Crippen LogP contribution in [0.15, 0.2) is 182 Å². The Morgan fingerprint density at radius 1 is 0.400 bits per heavy atom. The van der Waals surface area contributed by atoms with Crippen LogP contribution in [0.2, 0.25) is 0 Å². The van der Waals surface area contributed by atoms with Crippen molar-refractivity contribution >= 4 is 22.7 Å². The number of anilines is 3. The van der Waals surface area contributed by atoms with Gasteiger partial charge in [-0.05, 0) is 89.2 Å². The van der Waals surface area contributed by atoms with E-state index in [-0.39, 0.29) is 5.69 Å². The molecule has 0 aliphatic rings. The van der Waals surface area contributed by atoms with Gasteiger partial charge in [-0.1, -0.05) is 153 Å². The molecule has 0 heterocycles. The fourth-order valence-electron chi connectivity index (χ4n) is 5.65. The van der Waals surface area contributed by atoms with Crippen molar-refractivity contribution in [3.63, 3.8) is 0 Å². The predicted molar refractivity (Wildman–Crippen MR) is 211 cm³/mol. The molecule has 50 heavy (non-hydrogen) atoms. The van der Waals surface area contributed by atoms with Crippen LogP contribution in [-0.4, -0.2) is 4.92 Å². The number of nitro groups is 1. The minimum Gasteiger partial charge on any atom is -0.310 e. The second-order valence-corrected chi connectivity index (χ2v) is 11.7. The Balaban J connectivity index is 0.000000347. The third kappa shape index (κ3) is 9.00. The molecular weight excluding hydrogens is 613 g/mol. The van der Waals surface area contributed by atoms with Gasteiger partial charge >= 0.3 is 0 Å². The fraction of sp³-hybridized carbons (Fsp3) is 0.0870. The minimum absolute atomic E-state index is 0.153. The largest absolute Gasteiger partial charge is 0.310 e. The maximum absolute atomic E-state index is 10.2. The van der Waals surface area contributed by atoms with E-state index in [1.165, 1.54) is 45.0 Å². The molecule has 0 spiro atoms. The Kier molecular flexibility index (Phi) is 12.1. The quantitative estimate of drug-likeness (QED) is 0.127. The molecule has 7 aromatic rings. The SMILES string of the molecule is CC.Cc1ccc(-c2ccc(N(c3cccc(-c4ccccc4)c3)c3cccc(-c4ccccc4)c3)cc2)cc1.Cc1cccc([N+](=O)[O-])c1. The first kappa shape index (κ1) is 35.1. The van der Waals surface area contributed by atoms with E-state index in [2.05, 4.69) is 170 Å². The van der Waals surface area contributed by atoms with Crippen LogP contribution >= 0.6 is 0 Å². The zero-order chi connectivity index (χ0) is 35.3. The lowest BCUT2D eigenvalue weighted by Crippen LogP contribution is -2.10. The van der Waals surface area contributed by atoms with Crippen LogP contribution in [0.5, 0.6) is 0 Å². The van der Waals surface area contributed by atoms with Gasteiger partial charge in [-0.25, -0.2) is 0 Å². The highest BCUT2D eigenvalue weighted by atomic mass is 16.6. The second-order valence-electron chi connectivity index (χ2n) is 11.7. The number of rotatable bonds is 7. The topological polar surface area (TPSA) is 46.4 Å². The lowest BCUT2D eigenvalue weighted by atomic mass is 10.0. The Labute approximate surface area is 296 Å². The summed E-state index contributed by atoms with van der Waals surface area (Å²) in [5, 5.41) is 10.2. The molecule has 248 valence electrons. The summed E-state index contributed by atoms with van der Waals surface area (Å²) in [7, 11) is 0. The molecule has 0 aliphatic heterocycles. The van der Waals surface area contributed by atoms with Crippen LogP contribution in [0.4, 0.5) is 22.7 Å². The van der Waals surface area contributed by atoms with Gasteiger partial charge in [-0.3, -0.25) is 10.1 Å². The monoisotopic (exact) mass is 654 g/mol. The van der Waals surface area contributed by atoms with Crippen molar-refractivity contribution in [3.8, 4) is 33.4 Å². The second kappa shape index (κ2) is 17.2. The van der Waals surface area contributed by atoms with Crippen LogP contribution in [-0.2, 0) is 0 Å². The fourth-order valence-corrected chi connectivity index (χ4v) is 5.65. The molecule has 0 saturated heterocycles. The normalized spacial score (nSPS) is 10.2. The lowest BCUT2D eigenvalue weighted by molar-refractivity contribution is -0.384. The van der Waals surface area contributed by atoms with Crippen molar-refractivity contribution in [2.75, 3.05) is 4.90 Å². The molecule has 7 aromatic carbocycles. The summed E-state index contributed by atoms with van der Waals surface area (Å²) in [6.45, 7) is 7.95. The molecule has 0 unspecified atom stereocenters. The summed E-state index contributed by atoms with van der Waals surface area (Å²) in [6.07, 6.45) is 0. The standard InChI is InChI=1S/C37H29N.C7H7NO2.C2H6/c1-28-18-20-31(21-19-28)32-22-24-35(25-23-32)38(36-16-8-14-33(26-36)29-10-4-2-5-11-29)37-17-9-15-34(27-37)30-12-6-3-7-13-30;1-6-3-2-4-7(5-6)8(9)10;1-2/h2-27H,1H3;2-5H,1H3;1-2H3. The van der Waals surface area contributed by atoms with Crippen LogP contribution in [0.25, 0.3) is 33.4 Å². The third-order valence-corrected chi connectivity index (χ3v) is 8.15. The number of benzene rings is 7. The molecule has 0 aliphatic carbocycles. The number of hydrogen-bond donors (Lipinski definition) is 0. The van der Waals surface area contributed by atoms with Gasteiger partial charge < -0.3 is 4.90 Å². The van der Waals surface area contributed by atoms with Crippen molar-refractivity contribution in [2.24, 2.45) is 0 Å². The van der Waals surface area contributed by atoms with Crippen LogP contribution in [0.1, 0.15) is 25.0 Å². The first-order chi connectivity index (χ1) is 24.4. The zero-order valence-corrected chi connectivity index (χ0v) is 29.0. The Morgan fingerprint density at radius 2 is 0.820 bits per heavy atom. The average molecular weight is 655 g/mol. The Hall–Kier alpha value is -6.26. The molecule has 4 heteroatoms. The van der Waals surface area contributed by atoms with Gasteiger partial charge in [0, 0.05) is 29.2 Å². The third-order valence-electron chi connectivity index (χ3n) is 8.15. The van der Waals surface area contributed by atoms with Gasteiger partial charge in [0.15, 0.2) is 0 Å². The molecule has 0 saturated carbocycles. The summed E-state index contributed by atoms with van der Waals surface area (Å²) < 4.78 is 0. The molecule has 7 rings (SSSR count). The highest BCUT2D eigenvalue weighted by molar-refractivity contribution is 5.83. The Bertz CT molecular complexity index is 2020. The van der Waals surface area contributed by atoms with Crippen LogP contribution in [0.3, 0.4) is 0 Å². The molecule has 0 aromatic heterocycles. The van der Waals surface area contributed by atoms with Gasteiger partial charge in [-0.15, -0.1) is 0 Å². The predicted octanol–water partition coefficient (Wildman–Crippen LogP) is 13.4. The number of nitrogens with zero attached hydrogens (tertiary/aromatic N) is 2. The van der Waals surface area contributed by atoms with Gasteiger partial charge in [0.25, 0.3) is 5.69 Å². The van der Waals surface area contributed by atoms with Gasteiger partial charge in [-0.2, -0.15) is 0 Å². The van der Waals surface area contributed by atoms with E-state index >= 15 is 0 Å². The van der Waals surface area contributed by atoms with E-state index in [0.29, 0.717) is 0 Å². The smallest absolute Gasteiger partial charge is 0.269 e. The molecule has 0 atom stereocenters. The van der Waals surface area contributed by atoms with Crippen LogP contribution < -0.4 is 4.90 Å². The Morgan fingerprint density at radius 3 is 1.26 bits per heavy atom. The van der Waals surface area contributed by atoms with Crippen molar-refractivity contribution in [2.45, 2.75) is 27.7 Å². The zero-order valence-electron chi connectivity index (χ0n) is 29.0. The average Bonchev–Trinajstić information content (AvgIpc) is 3.18. The maximum Gasteiger partial charge on any atom is 0.269 e. The molecule has 0 amide bonds. The summed E-state index contributed by atoms with van der Waals surface area (Å²) in [5.41, 5.74) is 13.0. The van der Waals surface area contributed by atoms with Crippen molar-refractivity contribution < 1.29 is 4.92 Å². The molecule has 0 fully saturated rings. The van der Waals surface area contributed by atoms with E-state index in [1.807, 2.05) is 26.8 Å². The molecule has 0 bridgehead atoms. The number of aryl methyl sites for hydroxylation is 2. The van der Waals surface area contributed by atoms with Gasteiger partial charge in [0.1, 0.15) is 0 Å². The van der Waals surface area contributed by atoms with Crippen LogP contribution in [0, 0.1) is 24.0 Å². The number of nitro benzene ring substituents is 1. The molecular formula is C46H42N2O2. The number of non-ortho nitro benzene ring substituents is 1. The summed E-state index contributed by atoms with van der Waals surface area (Å²) in [4.78, 5) is 12.1. The first-order valence-corrected chi connectivity index (χ1v) is 16.9. The molecule has 0 N–H and O–H groups in total. The van der Waals surface area contributed by atoms with Crippen molar-refractivity contribution in [1.29, 1.82) is 0 Å². The maximum atomic E-state index is 10.2. The highest BCUT2D eigenvalue weighted by Crippen LogP contribution is 2.39. The van der Waals surface area contributed by atoms with Crippen molar-refractivity contribution in [3.05, 3.63) is 203 Å². The van der Waals surface area contributed by atoms with E-state index in [9.17, 15) is 10.1 Å². The van der Waals surface area contributed by atoms with Gasteiger partial charge in [0.2, 0.25) is 0 Å². The van der Waals surface area contributed by atoms with E-state index < -0.39 is 4.92 Å². The summed E-state index contributed by atoms with van der Waals surface area (Å²) >= 11 is 0. The number of hydrogen-bond acceptors (Lipinski definition) is 3. The van der Waals surface area contributed by atoms with E-state index in [0.717, 1.165) is 22.6 Å². The lowest BCUT2D eigenvalue weighted by Gasteiger charge is -2.27. The first-order valence-electron chi connectivity index (χ1n) is 16.9. The van der Waals surface area contributed by atoms with E-state index in [4.69, 9.17) is 0 Å². The summed E-state index contributed by atoms with van der Waals surface area (Å²) in [5.74, 6) is 0.